The van der Waals surface area contributed by atoms with Crippen LogP contribution in [0.5, 0.6) is 0 Å². The summed E-state index contributed by atoms with van der Waals surface area (Å²) in [5.41, 5.74) is 0.907. The van der Waals surface area contributed by atoms with Gasteiger partial charge in [0.05, 0.1) is 13.4 Å². The predicted molar refractivity (Wildman–Crippen MR) is 89.8 cm³/mol. The molecule has 25 heavy (non-hydrogen) atoms. The van der Waals surface area contributed by atoms with Gasteiger partial charge < -0.3 is 19.8 Å². The van der Waals surface area contributed by atoms with Crippen LogP contribution in [0.3, 0.4) is 0 Å². The van der Waals surface area contributed by atoms with Gasteiger partial charge in [-0.05, 0) is 17.7 Å². The molecule has 1 atom stereocenters. The van der Waals surface area contributed by atoms with E-state index in [4.69, 9.17) is 9.15 Å². The molecule has 7 nitrogen and oxygen atoms in total. The van der Waals surface area contributed by atoms with E-state index in [0.717, 1.165) is 5.56 Å². The van der Waals surface area contributed by atoms with Crippen LogP contribution in [0.2, 0.25) is 0 Å². The number of ether oxygens (including phenoxy) is 1. The molecule has 2 amide bonds. The van der Waals surface area contributed by atoms with Gasteiger partial charge in [-0.2, -0.15) is 0 Å². The second-order valence-electron chi connectivity index (χ2n) is 5.32. The van der Waals surface area contributed by atoms with Crippen molar-refractivity contribution < 1.29 is 23.5 Å². The van der Waals surface area contributed by atoms with Crippen LogP contribution in [0.15, 0.2) is 53.1 Å². The van der Waals surface area contributed by atoms with E-state index in [1.54, 1.807) is 6.07 Å². The minimum atomic E-state index is -0.777. The van der Waals surface area contributed by atoms with Crippen molar-refractivity contribution in [1.82, 2.24) is 10.6 Å². The van der Waals surface area contributed by atoms with Crippen molar-refractivity contribution in [2.24, 2.45) is 0 Å². The zero-order chi connectivity index (χ0) is 18.1. The Hall–Kier alpha value is -3.09. The summed E-state index contributed by atoms with van der Waals surface area (Å²) >= 11 is 0. The van der Waals surface area contributed by atoms with E-state index in [-0.39, 0.29) is 24.6 Å². The number of esters is 1. The maximum Gasteiger partial charge on any atom is 0.328 e. The number of nitrogens with one attached hydrogen (secondary N) is 2. The molecule has 0 spiro atoms. The lowest BCUT2D eigenvalue weighted by atomic mass is 10.1. The van der Waals surface area contributed by atoms with Crippen LogP contribution in [0, 0.1) is 0 Å². The lowest BCUT2D eigenvalue weighted by molar-refractivity contribution is -0.145. The molecule has 2 aromatic rings. The number of carbonyl (C=O) groups excluding carboxylic acids is 3. The summed E-state index contributed by atoms with van der Waals surface area (Å²) in [5.74, 6) is -1.09. The maximum absolute atomic E-state index is 12.0. The number of hydrogen-bond acceptors (Lipinski definition) is 5. The van der Waals surface area contributed by atoms with Crippen LogP contribution in [0.4, 0.5) is 0 Å². The average molecular weight is 344 g/mol. The highest BCUT2D eigenvalue weighted by Gasteiger charge is 2.21. The Morgan fingerprint density at radius 1 is 1.12 bits per heavy atom. The number of carbonyl (C=O) groups is 3. The fourth-order valence-electron chi connectivity index (χ4n) is 2.24. The Labute approximate surface area is 145 Å². The molecule has 2 N–H and O–H groups in total. The van der Waals surface area contributed by atoms with Gasteiger partial charge in [-0.3, -0.25) is 9.59 Å². The minimum Gasteiger partial charge on any atom is -0.467 e. The molecule has 7 heteroatoms. The van der Waals surface area contributed by atoms with Crippen LogP contribution in [-0.2, 0) is 20.7 Å². The van der Waals surface area contributed by atoms with Crippen molar-refractivity contribution in [3.05, 3.63) is 60.1 Å². The average Bonchev–Trinajstić information content (AvgIpc) is 3.16. The predicted octanol–water partition coefficient (Wildman–Crippen LogP) is 1.30. The summed E-state index contributed by atoms with van der Waals surface area (Å²) in [7, 11) is 1.27. The Morgan fingerprint density at radius 3 is 2.52 bits per heavy atom. The van der Waals surface area contributed by atoms with Crippen molar-refractivity contribution in [3.63, 3.8) is 0 Å². The van der Waals surface area contributed by atoms with Gasteiger partial charge in [0.1, 0.15) is 6.04 Å². The van der Waals surface area contributed by atoms with Crippen molar-refractivity contribution in [1.29, 1.82) is 0 Å². The lowest BCUT2D eigenvalue weighted by Gasteiger charge is -2.16. The first-order valence-corrected chi connectivity index (χ1v) is 7.83. The van der Waals surface area contributed by atoms with Crippen LogP contribution < -0.4 is 10.6 Å². The Bertz CT molecular complexity index is 698. The summed E-state index contributed by atoms with van der Waals surface area (Å²) in [4.78, 5) is 35.6. The van der Waals surface area contributed by atoms with Gasteiger partial charge in [-0.25, -0.2) is 4.79 Å². The lowest BCUT2D eigenvalue weighted by Crippen LogP contribution is -2.44. The SMILES string of the molecule is COC(=O)[C@@H](Cc1ccccc1)NC(=O)CCNC(=O)c1ccco1. The molecular weight excluding hydrogens is 324 g/mol. The first kappa shape index (κ1) is 18.3. The van der Waals surface area contributed by atoms with Gasteiger partial charge in [0.15, 0.2) is 5.76 Å². The molecule has 0 aliphatic carbocycles. The molecule has 1 aromatic carbocycles. The molecule has 0 saturated heterocycles. The van der Waals surface area contributed by atoms with E-state index < -0.39 is 17.9 Å². The number of benzene rings is 1. The summed E-state index contributed by atoms with van der Waals surface area (Å²) in [6.07, 6.45) is 1.76. The van der Waals surface area contributed by atoms with Gasteiger partial charge in [-0.15, -0.1) is 0 Å². The highest BCUT2D eigenvalue weighted by atomic mass is 16.5. The molecule has 0 fully saturated rings. The summed E-state index contributed by atoms with van der Waals surface area (Å²) < 4.78 is 9.70. The fourth-order valence-corrected chi connectivity index (χ4v) is 2.24. The quantitative estimate of drug-likeness (QED) is 0.704. The third kappa shape index (κ3) is 5.80. The Morgan fingerprint density at radius 2 is 1.88 bits per heavy atom. The fraction of sp³-hybridized carbons (Fsp3) is 0.278. The number of rotatable bonds is 8. The van der Waals surface area contributed by atoms with E-state index in [9.17, 15) is 14.4 Å². The smallest absolute Gasteiger partial charge is 0.328 e. The van der Waals surface area contributed by atoms with Crippen LogP contribution in [0.1, 0.15) is 22.5 Å². The second kappa shape index (κ2) is 9.27. The highest BCUT2D eigenvalue weighted by molar-refractivity contribution is 5.91. The molecule has 132 valence electrons. The number of methoxy groups -OCH3 is 1. The van der Waals surface area contributed by atoms with Crippen LogP contribution in [0.25, 0.3) is 0 Å². The van der Waals surface area contributed by atoms with E-state index in [1.165, 1.54) is 19.4 Å². The first-order chi connectivity index (χ1) is 12.1. The van der Waals surface area contributed by atoms with Crippen LogP contribution in [-0.4, -0.2) is 37.5 Å². The molecule has 0 aliphatic rings. The van der Waals surface area contributed by atoms with Gasteiger partial charge in [0.25, 0.3) is 5.91 Å². The molecule has 0 unspecified atom stereocenters. The van der Waals surface area contributed by atoms with Gasteiger partial charge in [0.2, 0.25) is 5.91 Å². The molecule has 2 rings (SSSR count). The first-order valence-electron chi connectivity index (χ1n) is 7.83. The molecule has 1 aromatic heterocycles. The summed E-state index contributed by atoms with van der Waals surface area (Å²) in [5, 5.41) is 5.21. The number of furan rings is 1. The third-order valence-corrected chi connectivity index (χ3v) is 3.49. The summed E-state index contributed by atoms with van der Waals surface area (Å²) in [6.45, 7) is 0.130. The molecule has 0 bridgehead atoms. The van der Waals surface area contributed by atoms with E-state index in [0.29, 0.717) is 6.42 Å². The topological polar surface area (TPSA) is 97.6 Å². The molecule has 0 aliphatic heterocycles. The Kier molecular flexibility index (Phi) is 6.76. The normalized spacial score (nSPS) is 11.4. The Balaban J connectivity index is 1.82. The van der Waals surface area contributed by atoms with Crippen LogP contribution >= 0.6 is 0 Å². The standard InChI is InChI=1S/C18H20N2O5/c1-24-18(23)14(12-13-6-3-2-4-7-13)20-16(21)9-10-19-17(22)15-8-5-11-25-15/h2-8,11,14H,9-10,12H2,1H3,(H,19,22)(H,20,21)/t14-/m1/s1. The monoisotopic (exact) mass is 344 g/mol. The number of amides is 2. The van der Waals surface area contributed by atoms with Gasteiger partial charge >= 0.3 is 5.97 Å². The van der Waals surface area contributed by atoms with Gasteiger partial charge in [0, 0.05) is 19.4 Å². The molecule has 1 heterocycles. The largest absolute Gasteiger partial charge is 0.467 e. The number of hydrogen-bond donors (Lipinski definition) is 2. The van der Waals surface area contributed by atoms with E-state index in [1.807, 2.05) is 30.3 Å². The van der Waals surface area contributed by atoms with Crippen molar-refractivity contribution >= 4 is 17.8 Å². The molecule has 0 radical (unpaired) electrons. The highest BCUT2D eigenvalue weighted by Crippen LogP contribution is 2.05. The second-order valence-corrected chi connectivity index (χ2v) is 5.32. The van der Waals surface area contributed by atoms with Crippen molar-refractivity contribution in [2.75, 3.05) is 13.7 Å². The zero-order valence-corrected chi connectivity index (χ0v) is 13.9. The van der Waals surface area contributed by atoms with Gasteiger partial charge in [-0.1, -0.05) is 30.3 Å². The van der Waals surface area contributed by atoms with E-state index in [2.05, 4.69) is 10.6 Å². The van der Waals surface area contributed by atoms with E-state index >= 15 is 0 Å². The summed E-state index contributed by atoms with van der Waals surface area (Å²) in [6, 6.07) is 11.7. The maximum atomic E-state index is 12.0. The minimum absolute atomic E-state index is 0.0364. The molecular formula is C18H20N2O5. The van der Waals surface area contributed by atoms with Crippen molar-refractivity contribution in [3.8, 4) is 0 Å². The zero-order valence-electron chi connectivity index (χ0n) is 13.9. The van der Waals surface area contributed by atoms with Crippen molar-refractivity contribution in [2.45, 2.75) is 18.9 Å². The molecule has 0 saturated carbocycles. The third-order valence-electron chi connectivity index (χ3n) is 3.49.